The van der Waals surface area contributed by atoms with Crippen molar-refractivity contribution in [2.45, 2.75) is 31.4 Å². The summed E-state index contributed by atoms with van der Waals surface area (Å²) in [7, 11) is 1.78. The molecule has 1 aliphatic carbocycles. The van der Waals surface area contributed by atoms with Crippen LogP contribution in [-0.2, 0) is 4.74 Å². The van der Waals surface area contributed by atoms with E-state index in [1.165, 1.54) is 0 Å². The number of nitrogens with zero attached hydrogens (tertiary/aromatic N) is 2. The van der Waals surface area contributed by atoms with Gasteiger partial charge in [-0.1, -0.05) is 11.3 Å². The van der Waals surface area contributed by atoms with Gasteiger partial charge in [-0.15, -0.1) is 10.2 Å². The van der Waals surface area contributed by atoms with E-state index in [9.17, 15) is 0 Å². The maximum absolute atomic E-state index is 5.29. The van der Waals surface area contributed by atoms with E-state index in [4.69, 9.17) is 4.74 Å². The fourth-order valence-electron chi connectivity index (χ4n) is 1.70. The average Bonchev–Trinajstić information content (AvgIpc) is 2.76. The van der Waals surface area contributed by atoms with Crippen LogP contribution < -0.4 is 5.32 Å². The molecule has 1 aromatic rings. The van der Waals surface area contributed by atoms with Gasteiger partial charge >= 0.3 is 0 Å². The van der Waals surface area contributed by atoms with Crippen molar-refractivity contribution < 1.29 is 4.74 Å². The number of methoxy groups -OCH3 is 1. The van der Waals surface area contributed by atoms with Gasteiger partial charge < -0.3 is 10.1 Å². The largest absolute Gasteiger partial charge is 0.381 e. The number of rotatable bonds is 3. The van der Waals surface area contributed by atoms with Gasteiger partial charge in [0.25, 0.3) is 0 Å². The van der Waals surface area contributed by atoms with Crippen molar-refractivity contribution in [3.8, 4) is 0 Å². The van der Waals surface area contributed by atoms with Gasteiger partial charge in [0, 0.05) is 13.2 Å². The molecule has 1 aliphatic rings. The van der Waals surface area contributed by atoms with Gasteiger partial charge in [-0.05, 0) is 19.3 Å². The summed E-state index contributed by atoms with van der Waals surface area (Å²) in [5.41, 5.74) is 1.74. The van der Waals surface area contributed by atoms with Crippen LogP contribution in [-0.4, -0.2) is 29.5 Å². The zero-order valence-electron chi connectivity index (χ0n) is 7.56. The molecular formula is C8H13N3OS. The Kier molecular flexibility index (Phi) is 2.75. The molecule has 0 aromatic carbocycles. The summed E-state index contributed by atoms with van der Waals surface area (Å²) < 4.78 is 5.29. The van der Waals surface area contributed by atoms with Crippen LogP contribution in [0.15, 0.2) is 5.51 Å². The first-order valence-corrected chi connectivity index (χ1v) is 5.32. The zero-order chi connectivity index (χ0) is 9.10. The van der Waals surface area contributed by atoms with Crippen molar-refractivity contribution in [1.82, 2.24) is 10.2 Å². The Balaban J connectivity index is 1.84. The third-order valence-electron chi connectivity index (χ3n) is 2.41. The highest BCUT2D eigenvalue weighted by Gasteiger charge is 2.24. The second-order valence-electron chi connectivity index (χ2n) is 3.26. The van der Waals surface area contributed by atoms with E-state index in [0.717, 1.165) is 24.4 Å². The molecule has 72 valence electrons. The average molecular weight is 199 g/mol. The molecule has 0 aliphatic heterocycles. The molecule has 13 heavy (non-hydrogen) atoms. The molecule has 1 saturated carbocycles. The molecule has 2 rings (SSSR count). The lowest BCUT2D eigenvalue weighted by Gasteiger charge is -2.10. The van der Waals surface area contributed by atoms with Gasteiger partial charge in [0.1, 0.15) is 5.51 Å². The topological polar surface area (TPSA) is 47.0 Å². The van der Waals surface area contributed by atoms with Crippen LogP contribution in [0, 0.1) is 0 Å². The Morgan fingerprint density at radius 3 is 3.15 bits per heavy atom. The van der Waals surface area contributed by atoms with Gasteiger partial charge in [0.15, 0.2) is 0 Å². The van der Waals surface area contributed by atoms with Gasteiger partial charge in [-0.3, -0.25) is 0 Å². The number of hydrogen-bond donors (Lipinski definition) is 1. The molecule has 1 heterocycles. The molecule has 0 spiro atoms. The Labute approximate surface area is 81.3 Å². The minimum absolute atomic E-state index is 0.422. The van der Waals surface area contributed by atoms with E-state index in [0.29, 0.717) is 12.1 Å². The highest BCUT2D eigenvalue weighted by Crippen LogP contribution is 2.24. The summed E-state index contributed by atoms with van der Waals surface area (Å²) in [6, 6.07) is 0.512. The summed E-state index contributed by atoms with van der Waals surface area (Å²) in [6.45, 7) is 0. The van der Waals surface area contributed by atoms with E-state index >= 15 is 0 Å². The standard InChI is InChI=1S/C8H13N3OS/c1-12-7-3-2-6(4-7)10-8-11-9-5-13-8/h5-7H,2-4H2,1H3,(H,10,11). The third kappa shape index (κ3) is 2.16. The first-order valence-electron chi connectivity index (χ1n) is 4.44. The molecule has 0 amide bonds. The highest BCUT2D eigenvalue weighted by molar-refractivity contribution is 7.13. The summed E-state index contributed by atoms with van der Waals surface area (Å²) in [5, 5.41) is 12.0. The quantitative estimate of drug-likeness (QED) is 0.801. The molecule has 1 N–H and O–H groups in total. The smallest absolute Gasteiger partial charge is 0.205 e. The summed E-state index contributed by atoms with van der Waals surface area (Å²) in [6.07, 6.45) is 3.81. The number of aromatic nitrogens is 2. The van der Waals surface area contributed by atoms with Crippen LogP contribution in [0.3, 0.4) is 0 Å². The minimum Gasteiger partial charge on any atom is -0.381 e. The molecule has 5 heteroatoms. The van der Waals surface area contributed by atoms with Crippen LogP contribution >= 0.6 is 11.3 Å². The predicted octanol–water partition coefficient (Wildman–Crippen LogP) is 1.52. The lowest BCUT2D eigenvalue weighted by Crippen LogP contribution is -2.17. The summed E-state index contributed by atoms with van der Waals surface area (Å²) in [4.78, 5) is 0. The molecular weight excluding hydrogens is 186 g/mol. The molecule has 0 saturated heterocycles. The van der Waals surface area contributed by atoms with Crippen molar-refractivity contribution in [2.75, 3.05) is 12.4 Å². The van der Waals surface area contributed by atoms with Crippen molar-refractivity contribution >= 4 is 16.5 Å². The molecule has 2 atom stereocenters. The third-order valence-corrected chi connectivity index (χ3v) is 3.03. The van der Waals surface area contributed by atoms with Gasteiger partial charge in [0.05, 0.1) is 6.10 Å². The Morgan fingerprint density at radius 2 is 2.54 bits per heavy atom. The fraction of sp³-hybridized carbons (Fsp3) is 0.750. The Hall–Kier alpha value is -0.680. The van der Waals surface area contributed by atoms with E-state index in [1.807, 2.05) is 0 Å². The molecule has 0 radical (unpaired) electrons. The molecule has 1 fully saturated rings. The van der Waals surface area contributed by atoms with Crippen LogP contribution in [0.1, 0.15) is 19.3 Å². The van der Waals surface area contributed by atoms with Gasteiger partial charge in [-0.2, -0.15) is 0 Å². The number of nitrogens with one attached hydrogen (secondary N) is 1. The molecule has 4 nitrogen and oxygen atoms in total. The van der Waals surface area contributed by atoms with Crippen LogP contribution in [0.25, 0.3) is 0 Å². The van der Waals surface area contributed by atoms with Gasteiger partial charge in [-0.25, -0.2) is 0 Å². The zero-order valence-corrected chi connectivity index (χ0v) is 8.38. The number of anilines is 1. The SMILES string of the molecule is COC1CCC(Nc2nncs2)C1. The second kappa shape index (κ2) is 4.02. The summed E-state index contributed by atoms with van der Waals surface area (Å²) >= 11 is 1.54. The Bertz CT molecular complexity index is 252. The predicted molar refractivity (Wildman–Crippen MR) is 52.0 cm³/mol. The highest BCUT2D eigenvalue weighted by atomic mass is 32.1. The van der Waals surface area contributed by atoms with Crippen LogP contribution in [0.4, 0.5) is 5.13 Å². The number of ether oxygens (including phenoxy) is 1. The second-order valence-corrected chi connectivity index (χ2v) is 4.09. The maximum Gasteiger partial charge on any atom is 0.205 e. The first kappa shape index (κ1) is 8.90. The molecule has 0 bridgehead atoms. The van der Waals surface area contributed by atoms with Crippen molar-refractivity contribution in [3.63, 3.8) is 0 Å². The Morgan fingerprint density at radius 1 is 1.62 bits per heavy atom. The maximum atomic E-state index is 5.29. The van der Waals surface area contributed by atoms with Crippen molar-refractivity contribution in [2.24, 2.45) is 0 Å². The van der Waals surface area contributed by atoms with Crippen molar-refractivity contribution in [3.05, 3.63) is 5.51 Å². The van der Waals surface area contributed by atoms with Crippen LogP contribution in [0.5, 0.6) is 0 Å². The fourth-order valence-corrected chi connectivity index (χ4v) is 2.22. The van der Waals surface area contributed by atoms with Crippen LogP contribution in [0.2, 0.25) is 0 Å². The number of hydrogen-bond acceptors (Lipinski definition) is 5. The molecule has 2 unspecified atom stereocenters. The minimum atomic E-state index is 0.422. The lowest BCUT2D eigenvalue weighted by atomic mass is 10.2. The van der Waals surface area contributed by atoms with E-state index in [-0.39, 0.29) is 0 Å². The van der Waals surface area contributed by atoms with E-state index < -0.39 is 0 Å². The lowest BCUT2D eigenvalue weighted by molar-refractivity contribution is 0.108. The van der Waals surface area contributed by atoms with E-state index in [1.54, 1.807) is 24.0 Å². The van der Waals surface area contributed by atoms with E-state index in [2.05, 4.69) is 15.5 Å². The van der Waals surface area contributed by atoms with Crippen molar-refractivity contribution in [1.29, 1.82) is 0 Å². The first-order chi connectivity index (χ1) is 6.38. The van der Waals surface area contributed by atoms with Gasteiger partial charge in [0.2, 0.25) is 5.13 Å². The normalized spacial score (nSPS) is 27.8. The monoisotopic (exact) mass is 199 g/mol. The molecule has 1 aromatic heterocycles. The summed E-state index contributed by atoms with van der Waals surface area (Å²) in [5.74, 6) is 0.